The van der Waals surface area contributed by atoms with Crippen molar-refractivity contribution in [1.29, 1.82) is 0 Å². The number of nitrogens with zero attached hydrogens (tertiary/aromatic N) is 1. The SMILES string of the molecule is COc1cc(NOCC(=O)O)ccn1. The van der Waals surface area contributed by atoms with Crippen molar-refractivity contribution >= 4 is 11.7 Å². The molecule has 0 aliphatic heterocycles. The van der Waals surface area contributed by atoms with Crippen molar-refractivity contribution in [2.75, 3.05) is 19.2 Å². The van der Waals surface area contributed by atoms with Crippen LogP contribution in [0.1, 0.15) is 0 Å². The van der Waals surface area contributed by atoms with Crippen molar-refractivity contribution in [1.82, 2.24) is 4.98 Å². The van der Waals surface area contributed by atoms with Crippen molar-refractivity contribution < 1.29 is 19.5 Å². The van der Waals surface area contributed by atoms with E-state index < -0.39 is 12.6 Å². The van der Waals surface area contributed by atoms with Crippen LogP contribution in [0.4, 0.5) is 5.69 Å². The zero-order valence-electron chi connectivity index (χ0n) is 7.56. The Morgan fingerprint density at radius 3 is 3.14 bits per heavy atom. The molecule has 0 unspecified atom stereocenters. The molecule has 0 radical (unpaired) electrons. The molecule has 6 heteroatoms. The van der Waals surface area contributed by atoms with E-state index in [1.54, 1.807) is 12.1 Å². The molecule has 1 aromatic rings. The summed E-state index contributed by atoms with van der Waals surface area (Å²) >= 11 is 0. The van der Waals surface area contributed by atoms with Gasteiger partial charge in [0, 0.05) is 12.3 Å². The number of carbonyl (C=O) groups is 1. The number of anilines is 1. The first-order chi connectivity index (χ1) is 6.72. The van der Waals surface area contributed by atoms with Gasteiger partial charge in [-0.2, -0.15) is 0 Å². The molecule has 1 heterocycles. The molecule has 0 saturated carbocycles. The number of carboxylic acid groups (broad SMARTS) is 1. The number of ether oxygens (including phenoxy) is 1. The Kier molecular flexibility index (Phi) is 3.69. The first-order valence-electron chi connectivity index (χ1n) is 3.82. The summed E-state index contributed by atoms with van der Waals surface area (Å²) in [6.45, 7) is -0.412. The van der Waals surface area contributed by atoms with Crippen LogP contribution in [0.5, 0.6) is 5.88 Å². The molecule has 0 aliphatic carbocycles. The summed E-state index contributed by atoms with van der Waals surface area (Å²) in [7, 11) is 1.49. The van der Waals surface area contributed by atoms with Crippen molar-refractivity contribution in [2.24, 2.45) is 0 Å². The highest BCUT2D eigenvalue weighted by atomic mass is 16.7. The molecule has 1 rings (SSSR count). The molecule has 0 amide bonds. The first-order valence-corrected chi connectivity index (χ1v) is 3.82. The second-order valence-electron chi connectivity index (χ2n) is 2.37. The normalized spacial score (nSPS) is 9.50. The fraction of sp³-hybridized carbons (Fsp3) is 0.250. The Balaban J connectivity index is 2.46. The fourth-order valence-corrected chi connectivity index (χ4v) is 0.766. The van der Waals surface area contributed by atoms with Crippen LogP contribution >= 0.6 is 0 Å². The van der Waals surface area contributed by atoms with Gasteiger partial charge in [0.05, 0.1) is 12.8 Å². The van der Waals surface area contributed by atoms with Crippen molar-refractivity contribution in [3.63, 3.8) is 0 Å². The van der Waals surface area contributed by atoms with E-state index in [0.717, 1.165) is 0 Å². The summed E-state index contributed by atoms with van der Waals surface area (Å²) in [5.41, 5.74) is 3.03. The zero-order valence-corrected chi connectivity index (χ0v) is 7.56. The molecule has 1 aromatic heterocycles. The third kappa shape index (κ3) is 3.28. The van der Waals surface area contributed by atoms with Gasteiger partial charge in [0.1, 0.15) is 0 Å². The quantitative estimate of drug-likeness (QED) is 0.671. The molecule has 0 aliphatic rings. The Morgan fingerprint density at radius 1 is 1.71 bits per heavy atom. The number of pyridine rings is 1. The minimum Gasteiger partial charge on any atom is -0.481 e. The summed E-state index contributed by atoms with van der Waals surface area (Å²) in [4.78, 5) is 18.6. The van der Waals surface area contributed by atoms with Crippen LogP contribution < -0.4 is 10.2 Å². The monoisotopic (exact) mass is 198 g/mol. The maximum absolute atomic E-state index is 10.1. The Labute approximate surface area is 80.4 Å². The molecule has 0 atom stereocenters. The van der Waals surface area contributed by atoms with Gasteiger partial charge in [-0.3, -0.25) is 10.3 Å². The average molecular weight is 198 g/mol. The molecule has 0 fully saturated rings. The highest BCUT2D eigenvalue weighted by molar-refractivity contribution is 5.68. The van der Waals surface area contributed by atoms with E-state index in [2.05, 4.69) is 15.3 Å². The highest BCUT2D eigenvalue weighted by Gasteiger charge is 1.98. The molecule has 6 nitrogen and oxygen atoms in total. The van der Waals surface area contributed by atoms with Crippen molar-refractivity contribution in [3.8, 4) is 5.88 Å². The summed E-state index contributed by atoms with van der Waals surface area (Å²) in [6, 6.07) is 3.21. The summed E-state index contributed by atoms with van der Waals surface area (Å²) in [5, 5.41) is 8.29. The minimum absolute atomic E-state index is 0.412. The average Bonchev–Trinajstić information content (AvgIpc) is 2.18. The lowest BCUT2D eigenvalue weighted by Crippen LogP contribution is -2.11. The second-order valence-corrected chi connectivity index (χ2v) is 2.37. The third-order valence-electron chi connectivity index (χ3n) is 1.33. The van der Waals surface area contributed by atoms with Gasteiger partial charge in [-0.15, -0.1) is 0 Å². The van der Waals surface area contributed by atoms with Crippen molar-refractivity contribution in [2.45, 2.75) is 0 Å². The number of aliphatic carboxylic acids is 1. The summed E-state index contributed by atoms with van der Waals surface area (Å²) in [6.07, 6.45) is 1.52. The van der Waals surface area contributed by atoms with E-state index in [1.165, 1.54) is 13.3 Å². The molecule has 0 spiro atoms. The predicted octanol–water partition coefficient (Wildman–Crippen LogP) is 0.518. The summed E-state index contributed by atoms with van der Waals surface area (Å²) in [5.74, 6) is -0.618. The Hall–Kier alpha value is -1.82. The zero-order chi connectivity index (χ0) is 10.4. The second kappa shape index (κ2) is 5.03. The van der Waals surface area contributed by atoms with E-state index >= 15 is 0 Å². The van der Waals surface area contributed by atoms with Crippen LogP contribution in [0.25, 0.3) is 0 Å². The lowest BCUT2D eigenvalue weighted by atomic mass is 10.4. The maximum Gasteiger partial charge on any atom is 0.332 e. The smallest absolute Gasteiger partial charge is 0.332 e. The third-order valence-corrected chi connectivity index (χ3v) is 1.33. The van der Waals surface area contributed by atoms with E-state index in [9.17, 15) is 4.79 Å². The number of carboxylic acids is 1. The summed E-state index contributed by atoms with van der Waals surface area (Å²) < 4.78 is 4.86. The van der Waals surface area contributed by atoms with Crippen LogP contribution in [-0.2, 0) is 9.63 Å². The number of hydrogen-bond donors (Lipinski definition) is 2. The van der Waals surface area contributed by atoms with Crippen LogP contribution in [0.2, 0.25) is 0 Å². The fourth-order valence-electron chi connectivity index (χ4n) is 0.766. The number of hydrogen-bond acceptors (Lipinski definition) is 5. The predicted molar refractivity (Wildman–Crippen MR) is 48.0 cm³/mol. The topological polar surface area (TPSA) is 80.7 Å². The van der Waals surface area contributed by atoms with Gasteiger partial charge in [-0.05, 0) is 6.07 Å². The molecule has 0 saturated heterocycles. The minimum atomic E-state index is -1.04. The van der Waals surface area contributed by atoms with Crippen LogP contribution in [0.3, 0.4) is 0 Å². The first kappa shape index (κ1) is 10.3. The number of methoxy groups -OCH3 is 1. The molecular formula is C8H10N2O4. The molecule has 14 heavy (non-hydrogen) atoms. The number of aromatic nitrogens is 1. The van der Waals surface area contributed by atoms with Crippen LogP contribution in [-0.4, -0.2) is 29.8 Å². The van der Waals surface area contributed by atoms with Gasteiger partial charge in [-0.25, -0.2) is 9.78 Å². The van der Waals surface area contributed by atoms with Gasteiger partial charge in [-0.1, -0.05) is 0 Å². The van der Waals surface area contributed by atoms with Crippen LogP contribution in [0.15, 0.2) is 18.3 Å². The molecule has 0 bridgehead atoms. The molecular weight excluding hydrogens is 188 g/mol. The Bertz CT molecular complexity index is 316. The van der Waals surface area contributed by atoms with Gasteiger partial charge >= 0.3 is 5.97 Å². The Morgan fingerprint density at radius 2 is 2.50 bits per heavy atom. The lowest BCUT2D eigenvalue weighted by molar-refractivity contribution is -0.141. The largest absolute Gasteiger partial charge is 0.481 e. The molecule has 76 valence electrons. The van der Waals surface area contributed by atoms with E-state index in [-0.39, 0.29) is 0 Å². The number of rotatable bonds is 5. The highest BCUT2D eigenvalue weighted by Crippen LogP contribution is 2.12. The van der Waals surface area contributed by atoms with Crippen LogP contribution in [0, 0.1) is 0 Å². The standard InChI is InChI=1S/C8H10N2O4/c1-13-7-4-6(2-3-9-7)10-14-5-8(11)12/h2-4H,5H2,1H3,(H,9,10)(H,11,12). The lowest BCUT2D eigenvalue weighted by Gasteiger charge is -2.05. The van der Waals surface area contributed by atoms with E-state index in [4.69, 9.17) is 9.84 Å². The maximum atomic E-state index is 10.1. The number of nitrogens with one attached hydrogen (secondary N) is 1. The van der Waals surface area contributed by atoms with Gasteiger partial charge in [0.15, 0.2) is 6.61 Å². The van der Waals surface area contributed by atoms with E-state index in [1.807, 2.05) is 0 Å². The molecule has 0 aromatic carbocycles. The molecule has 2 N–H and O–H groups in total. The van der Waals surface area contributed by atoms with Gasteiger partial charge in [0.25, 0.3) is 0 Å². The van der Waals surface area contributed by atoms with Crippen molar-refractivity contribution in [3.05, 3.63) is 18.3 Å². The van der Waals surface area contributed by atoms with Gasteiger partial charge in [0.2, 0.25) is 5.88 Å². The van der Waals surface area contributed by atoms with Gasteiger partial charge < -0.3 is 9.84 Å². The van der Waals surface area contributed by atoms with E-state index in [0.29, 0.717) is 11.6 Å².